The number of rotatable bonds is 3. The third-order valence-corrected chi connectivity index (χ3v) is 4.38. The van der Waals surface area contributed by atoms with E-state index in [0.29, 0.717) is 10.9 Å². The molecule has 1 unspecified atom stereocenters. The highest BCUT2D eigenvalue weighted by molar-refractivity contribution is 9.10. The quantitative estimate of drug-likeness (QED) is 0.899. The van der Waals surface area contributed by atoms with E-state index in [1.54, 1.807) is 6.07 Å². The van der Waals surface area contributed by atoms with Crippen LogP contribution in [0.3, 0.4) is 0 Å². The van der Waals surface area contributed by atoms with Crippen LogP contribution < -0.4 is 5.32 Å². The summed E-state index contributed by atoms with van der Waals surface area (Å²) in [6.45, 7) is 1.95. The maximum Gasteiger partial charge on any atom is 0.137 e. The van der Waals surface area contributed by atoms with Crippen molar-refractivity contribution in [1.82, 2.24) is 5.32 Å². The normalized spacial score (nSPS) is 24.9. The monoisotopic (exact) mass is 301 g/mol. The molecular weight excluding hydrogens is 285 g/mol. The van der Waals surface area contributed by atoms with Gasteiger partial charge in [0.25, 0.3) is 0 Å². The van der Waals surface area contributed by atoms with Crippen LogP contribution in [0.4, 0.5) is 4.39 Å². The van der Waals surface area contributed by atoms with Gasteiger partial charge in [-0.05, 0) is 53.4 Å². The second-order valence-corrected chi connectivity index (χ2v) is 5.62. The van der Waals surface area contributed by atoms with Crippen LogP contribution in [0.5, 0.6) is 0 Å². The minimum atomic E-state index is -0.237. The molecule has 0 aromatic heterocycles. The highest BCUT2D eigenvalue weighted by atomic mass is 79.9. The van der Waals surface area contributed by atoms with E-state index < -0.39 is 0 Å². The van der Waals surface area contributed by atoms with Gasteiger partial charge in [0.2, 0.25) is 0 Å². The molecule has 1 aliphatic rings. The number of hydrogen-bond acceptors (Lipinski definition) is 2. The highest BCUT2D eigenvalue weighted by Crippen LogP contribution is 2.33. The first kappa shape index (κ1) is 13.0. The third-order valence-electron chi connectivity index (χ3n) is 3.49. The number of aliphatic hydroxyl groups is 1. The van der Waals surface area contributed by atoms with Crippen LogP contribution in [0.15, 0.2) is 22.7 Å². The fourth-order valence-electron chi connectivity index (χ4n) is 2.46. The molecule has 1 aliphatic heterocycles. The summed E-state index contributed by atoms with van der Waals surface area (Å²) >= 11 is 3.28. The van der Waals surface area contributed by atoms with Crippen molar-refractivity contribution < 1.29 is 9.50 Å². The lowest BCUT2D eigenvalue weighted by Gasteiger charge is -2.36. The molecule has 1 saturated heterocycles. The van der Waals surface area contributed by atoms with E-state index in [0.717, 1.165) is 31.5 Å². The van der Waals surface area contributed by atoms with Crippen molar-refractivity contribution in [3.8, 4) is 0 Å². The Morgan fingerprint density at radius 3 is 2.94 bits per heavy atom. The van der Waals surface area contributed by atoms with Crippen LogP contribution in [-0.4, -0.2) is 24.8 Å². The predicted octanol–water partition coefficient (Wildman–Crippen LogP) is 2.49. The topological polar surface area (TPSA) is 32.3 Å². The van der Waals surface area contributed by atoms with E-state index in [9.17, 15) is 9.50 Å². The molecule has 0 saturated carbocycles. The third kappa shape index (κ3) is 2.87. The molecule has 0 aliphatic carbocycles. The lowest BCUT2D eigenvalue weighted by molar-refractivity contribution is 0.0945. The summed E-state index contributed by atoms with van der Waals surface area (Å²) < 4.78 is 14.0. The van der Waals surface area contributed by atoms with Gasteiger partial charge < -0.3 is 10.4 Å². The van der Waals surface area contributed by atoms with Crippen molar-refractivity contribution in [2.24, 2.45) is 5.41 Å². The van der Waals surface area contributed by atoms with Crippen LogP contribution in [0.1, 0.15) is 18.4 Å². The Bertz CT molecular complexity index is 391. The summed E-state index contributed by atoms with van der Waals surface area (Å²) in [4.78, 5) is 0. The molecule has 2 N–H and O–H groups in total. The Labute approximate surface area is 109 Å². The molecule has 17 heavy (non-hydrogen) atoms. The van der Waals surface area contributed by atoms with Crippen molar-refractivity contribution in [3.63, 3.8) is 0 Å². The predicted molar refractivity (Wildman–Crippen MR) is 69.4 cm³/mol. The summed E-state index contributed by atoms with van der Waals surface area (Å²) in [6.07, 6.45) is 2.75. The minimum absolute atomic E-state index is 0.142. The molecule has 0 amide bonds. The molecule has 2 rings (SSSR count). The largest absolute Gasteiger partial charge is 0.396 e. The van der Waals surface area contributed by atoms with Gasteiger partial charge in [-0.3, -0.25) is 0 Å². The summed E-state index contributed by atoms with van der Waals surface area (Å²) in [7, 11) is 0. The fourth-order valence-corrected chi connectivity index (χ4v) is 2.87. The number of piperidine rings is 1. The molecule has 0 bridgehead atoms. The number of hydrogen-bond donors (Lipinski definition) is 2. The summed E-state index contributed by atoms with van der Waals surface area (Å²) in [5, 5.41) is 12.9. The molecule has 94 valence electrons. The van der Waals surface area contributed by atoms with Gasteiger partial charge in [-0.15, -0.1) is 0 Å². The van der Waals surface area contributed by atoms with E-state index >= 15 is 0 Å². The van der Waals surface area contributed by atoms with E-state index in [2.05, 4.69) is 21.2 Å². The van der Waals surface area contributed by atoms with Crippen molar-refractivity contribution in [1.29, 1.82) is 0 Å². The van der Waals surface area contributed by atoms with Crippen molar-refractivity contribution in [2.45, 2.75) is 19.3 Å². The molecule has 4 heteroatoms. The van der Waals surface area contributed by atoms with Gasteiger partial charge in [0.1, 0.15) is 5.82 Å². The fraction of sp³-hybridized carbons (Fsp3) is 0.538. The first-order valence-corrected chi connectivity index (χ1v) is 6.71. The average Bonchev–Trinajstić information content (AvgIpc) is 2.36. The summed E-state index contributed by atoms with van der Waals surface area (Å²) in [6, 6.07) is 5.08. The smallest absolute Gasteiger partial charge is 0.137 e. The Balaban J connectivity index is 2.20. The van der Waals surface area contributed by atoms with Crippen LogP contribution in [-0.2, 0) is 6.42 Å². The molecule has 1 heterocycles. The zero-order valence-electron chi connectivity index (χ0n) is 9.68. The van der Waals surface area contributed by atoms with Gasteiger partial charge in [0, 0.05) is 12.0 Å². The van der Waals surface area contributed by atoms with Crippen molar-refractivity contribution >= 4 is 15.9 Å². The zero-order valence-corrected chi connectivity index (χ0v) is 11.3. The van der Waals surface area contributed by atoms with E-state index in [1.165, 1.54) is 6.07 Å². The van der Waals surface area contributed by atoms with Gasteiger partial charge in [0.05, 0.1) is 11.1 Å². The first-order chi connectivity index (χ1) is 8.17. The zero-order chi connectivity index (χ0) is 12.3. The molecule has 1 aromatic rings. The molecule has 1 fully saturated rings. The lowest BCUT2D eigenvalue weighted by atomic mass is 9.76. The maximum absolute atomic E-state index is 13.4. The van der Waals surface area contributed by atoms with Crippen molar-refractivity contribution in [2.75, 3.05) is 19.7 Å². The highest BCUT2D eigenvalue weighted by Gasteiger charge is 2.32. The molecule has 2 nitrogen and oxygen atoms in total. The molecule has 1 atom stereocenters. The van der Waals surface area contributed by atoms with Gasteiger partial charge in [-0.1, -0.05) is 12.1 Å². The second-order valence-electron chi connectivity index (χ2n) is 4.83. The molecule has 0 radical (unpaired) electrons. The van der Waals surface area contributed by atoms with E-state index in [-0.39, 0.29) is 17.8 Å². The number of nitrogens with one attached hydrogen (secondary N) is 1. The lowest BCUT2D eigenvalue weighted by Crippen LogP contribution is -2.44. The Morgan fingerprint density at radius 1 is 1.47 bits per heavy atom. The van der Waals surface area contributed by atoms with Gasteiger partial charge in [-0.2, -0.15) is 0 Å². The van der Waals surface area contributed by atoms with Gasteiger partial charge >= 0.3 is 0 Å². The number of aliphatic hydroxyl groups excluding tert-OH is 1. The van der Waals surface area contributed by atoms with Crippen LogP contribution in [0, 0.1) is 11.2 Å². The van der Waals surface area contributed by atoms with Crippen LogP contribution in [0.25, 0.3) is 0 Å². The molecular formula is C13H17BrFNO. The Morgan fingerprint density at radius 2 is 2.29 bits per heavy atom. The van der Waals surface area contributed by atoms with Gasteiger partial charge in [-0.25, -0.2) is 4.39 Å². The minimum Gasteiger partial charge on any atom is -0.396 e. The van der Waals surface area contributed by atoms with E-state index in [4.69, 9.17) is 0 Å². The standard InChI is InChI=1S/C13H17BrFNO/c14-12-10(3-1-4-11(12)15)7-13(9-17)5-2-6-16-8-13/h1,3-4,16-17H,2,5-9H2. The Kier molecular flexibility index (Phi) is 4.17. The average molecular weight is 302 g/mol. The second kappa shape index (κ2) is 5.46. The van der Waals surface area contributed by atoms with Crippen LogP contribution in [0.2, 0.25) is 0 Å². The number of halogens is 2. The summed E-state index contributed by atoms with van der Waals surface area (Å²) in [5.74, 6) is -0.237. The molecule has 1 aromatic carbocycles. The first-order valence-electron chi connectivity index (χ1n) is 5.91. The number of benzene rings is 1. The summed E-state index contributed by atoms with van der Waals surface area (Å²) in [5.41, 5.74) is 0.789. The van der Waals surface area contributed by atoms with Crippen molar-refractivity contribution in [3.05, 3.63) is 34.1 Å². The van der Waals surface area contributed by atoms with Crippen LogP contribution >= 0.6 is 15.9 Å². The Hall–Kier alpha value is -0.450. The SMILES string of the molecule is OCC1(Cc2cccc(F)c2Br)CCCNC1. The molecule has 0 spiro atoms. The maximum atomic E-state index is 13.4. The van der Waals surface area contributed by atoms with Gasteiger partial charge in [0.15, 0.2) is 0 Å². The van der Waals surface area contributed by atoms with E-state index in [1.807, 2.05) is 6.07 Å².